The van der Waals surface area contributed by atoms with Crippen LogP contribution in [0.4, 0.5) is 0 Å². The molecule has 0 aliphatic heterocycles. The lowest BCUT2D eigenvalue weighted by atomic mass is 10.1. The van der Waals surface area contributed by atoms with E-state index in [0.717, 1.165) is 11.3 Å². The first-order valence-electron chi connectivity index (χ1n) is 4.19. The molecule has 0 aliphatic carbocycles. The number of aryl methyl sites for hydroxylation is 2. The summed E-state index contributed by atoms with van der Waals surface area (Å²) in [5.74, 6) is 0.926. The summed E-state index contributed by atoms with van der Waals surface area (Å²) in [4.78, 5) is 0. The molecule has 0 bridgehead atoms. The van der Waals surface area contributed by atoms with Crippen LogP contribution in [0.15, 0.2) is 29.8 Å². The van der Waals surface area contributed by atoms with Gasteiger partial charge in [-0.2, -0.15) is 0 Å². The highest BCUT2D eigenvalue weighted by atomic mass is 35.5. The van der Waals surface area contributed by atoms with Crippen molar-refractivity contribution in [3.05, 3.63) is 40.9 Å². The van der Waals surface area contributed by atoms with Crippen molar-refractivity contribution in [1.82, 2.24) is 0 Å². The summed E-state index contributed by atoms with van der Waals surface area (Å²) < 4.78 is 5.49. The molecule has 0 atom stereocenters. The molecule has 0 unspecified atom stereocenters. The lowest BCUT2D eigenvalue weighted by Gasteiger charge is -2.07. The van der Waals surface area contributed by atoms with Gasteiger partial charge in [0.15, 0.2) is 0 Å². The maximum absolute atomic E-state index is 5.49. The van der Waals surface area contributed by atoms with Crippen LogP contribution in [0.25, 0.3) is 0 Å². The third-order valence-corrected chi connectivity index (χ3v) is 1.95. The van der Waals surface area contributed by atoms with Crippen molar-refractivity contribution < 1.29 is 4.74 Å². The smallest absolute Gasteiger partial charge is 0.122 e. The van der Waals surface area contributed by atoms with Crippen LogP contribution in [0.5, 0.6) is 5.75 Å². The van der Waals surface area contributed by atoms with Gasteiger partial charge in [0.1, 0.15) is 12.4 Å². The standard InChI is InChI=1S/C11H13ClO/c1-9-4-5-10(2)11(8-9)13-7-3-6-12/h3-6,8H,7H2,1-2H3/b6-3+. The van der Waals surface area contributed by atoms with Crippen LogP contribution in [0, 0.1) is 13.8 Å². The van der Waals surface area contributed by atoms with E-state index in [2.05, 4.69) is 12.1 Å². The molecule has 0 heterocycles. The van der Waals surface area contributed by atoms with Crippen LogP contribution in [-0.2, 0) is 0 Å². The van der Waals surface area contributed by atoms with Crippen molar-refractivity contribution in [3.63, 3.8) is 0 Å². The summed E-state index contributed by atoms with van der Waals surface area (Å²) in [7, 11) is 0. The van der Waals surface area contributed by atoms with Gasteiger partial charge in [-0.15, -0.1) is 0 Å². The Balaban J connectivity index is 2.69. The fraction of sp³-hybridized carbons (Fsp3) is 0.273. The van der Waals surface area contributed by atoms with E-state index in [1.807, 2.05) is 19.9 Å². The Morgan fingerprint density at radius 1 is 1.38 bits per heavy atom. The number of ether oxygens (including phenoxy) is 1. The van der Waals surface area contributed by atoms with Crippen molar-refractivity contribution in [1.29, 1.82) is 0 Å². The van der Waals surface area contributed by atoms with Crippen molar-refractivity contribution in [3.8, 4) is 5.75 Å². The minimum atomic E-state index is 0.522. The van der Waals surface area contributed by atoms with Gasteiger partial charge < -0.3 is 4.74 Å². The third-order valence-electron chi connectivity index (χ3n) is 1.77. The van der Waals surface area contributed by atoms with Crippen molar-refractivity contribution >= 4 is 11.6 Å². The van der Waals surface area contributed by atoms with Crippen LogP contribution in [-0.4, -0.2) is 6.61 Å². The molecule has 0 saturated carbocycles. The fourth-order valence-electron chi connectivity index (χ4n) is 1.04. The van der Waals surface area contributed by atoms with Gasteiger partial charge in [0.2, 0.25) is 0 Å². The third kappa shape index (κ3) is 3.11. The quantitative estimate of drug-likeness (QED) is 0.720. The molecule has 13 heavy (non-hydrogen) atoms. The molecular formula is C11H13ClO. The first-order chi connectivity index (χ1) is 6.24. The molecule has 0 N–H and O–H groups in total. The molecule has 70 valence electrons. The second kappa shape index (κ2) is 4.93. The molecule has 0 radical (unpaired) electrons. The summed E-state index contributed by atoms with van der Waals surface area (Å²) in [6.07, 6.45) is 1.77. The lowest BCUT2D eigenvalue weighted by Crippen LogP contribution is -1.95. The van der Waals surface area contributed by atoms with Crippen molar-refractivity contribution in [2.45, 2.75) is 13.8 Å². The summed E-state index contributed by atoms with van der Waals surface area (Å²) in [6, 6.07) is 6.14. The Labute approximate surface area is 84.0 Å². The predicted octanol–water partition coefficient (Wildman–Crippen LogP) is 3.43. The molecule has 2 heteroatoms. The number of benzene rings is 1. The van der Waals surface area contributed by atoms with Crippen molar-refractivity contribution in [2.75, 3.05) is 6.61 Å². The van der Waals surface area contributed by atoms with E-state index >= 15 is 0 Å². The minimum absolute atomic E-state index is 0.522. The van der Waals surface area contributed by atoms with E-state index in [9.17, 15) is 0 Å². The number of rotatable bonds is 3. The average molecular weight is 197 g/mol. The Bertz CT molecular complexity index is 305. The van der Waals surface area contributed by atoms with Crippen molar-refractivity contribution in [2.24, 2.45) is 0 Å². The van der Waals surface area contributed by atoms with Gasteiger partial charge in [-0.1, -0.05) is 23.7 Å². The highest BCUT2D eigenvalue weighted by molar-refractivity contribution is 6.25. The zero-order valence-corrected chi connectivity index (χ0v) is 8.64. The van der Waals surface area contributed by atoms with E-state index in [4.69, 9.17) is 16.3 Å². The Morgan fingerprint density at radius 3 is 2.85 bits per heavy atom. The van der Waals surface area contributed by atoms with Crippen LogP contribution in [0.3, 0.4) is 0 Å². The van der Waals surface area contributed by atoms with E-state index < -0.39 is 0 Å². The molecule has 0 saturated heterocycles. The zero-order chi connectivity index (χ0) is 9.68. The second-order valence-corrected chi connectivity index (χ2v) is 3.19. The SMILES string of the molecule is Cc1ccc(C)c(OC/C=C/Cl)c1. The summed E-state index contributed by atoms with van der Waals surface area (Å²) in [5.41, 5.74) is 3.81. The monoisotopic (exact) mass is 196 g/mol. The van der Waals surface area contributed by atoms with Gasteiger partial charge in [0.05, 0.1) is 0 Å². The van der Waals surface area contributed by atoms with E-state index in [0.29, 0.717) is 6.61 Å². The minimum Gasteiger partial charge on any atom is -0.489 e. The van der Waals surface area contributed by atoms with Gasteiger partial charge in [-0.3, -0.25) is 0 Å². The molecule has 0 aliphatic rings. The molecule has 1 aromatic carbocycles. The van der Waals surface area contributed by atoms with Gasteiger partial charge in [-0.05, 0) is 37.1 Å². The molecule has 1 aromatic rings. The summed E-state index contributed by atoms with van der Waals surface area (Å²) in [6.45, 7) is 4.59. The number of hydrogen-bond donors (Lipinski definition) is 0. The van der Waals surface area contributed by atoms with Crippen LogP contribution in [0.2, 0.25) is 0 Å². The molecule has 0 aromatic heterocycles. The molecular weight excluding hydrogens is 184 g/mol. The normalized spacial score (nSPS) is 10.7. The first kappa shape index (κ1) is 10.1. The first-order valence-corrected chi connectivity index (χ1v) is 4.63. The lowest BCUT2D eigenvalue weighted by molar-refractivity contribution is 0.360. The molecule has 0 spiro atoms. The topological polar surface area (TPSA) is 9.23 Å². The second-order valence-electron chi connectivity index (χ2n) is 2.94. The van der Waals surface area contributed by atoms with Crippen LogP contribution in [0.1, 0.15) is 11.1 Å². The Morgan fingerprint density at radius 2 is 2.15 bits per heavy atom. The van der Waals surface area contributed by atoms with Gasteiger partial charge in [0, 0.05) is 5.54 Å². The van der Waals surface area contributed by atoms with Gasteiger partial charge in [-0.25, -0.2) is 0 Å². The van der Waals surface area contributed by atoms with Crippen LogP contribution < -0.4 is 4.74 Å². The molecule has 0 amide bonds. The number of halogens is 1. The van der Waals surface area contributed by atoms with Gasteiger partial charge in [0.25, 0.3) is 0 Å². The summed E-state index contributed by atoms with van der Waals surface area (Å²) in [5, 5.41) is 0. The Hall–Kier alpha value is -0.950. The summed E-state index contributed by atoms with van der Waals surface area (Å²) >= 11 is 5.38. The maximum atomic E-state index is 5.49. The fourth-order valence-corrected chi connectivity index (χ4v) is 1.11. The molecule has 1 nitrogen and oxygen atoms in total. The zero-order valence-electron chi connectivity index (χ0n) is 7.88. The van der Waals surface area contributed by atoms with E-state index in [-0.39, 0.29) is 0 Å². The highest BCUT2D eigenvalue weighted by Gasteiger charge is 1.97. The largest absolute Gasteiger partial charge is 0.489 e. The van der Waals surface area contributed by atoms with Gasteiger partial charge >= 0.3 is 0 Å². The van der Waals surface area contributed by atoms with E-state index in [1.54, 1.807) is 6.08 Å². The average Bonchev–Trinajstić information content (AvgIpc) is 2.11. The number of hydrogen-bond acceptors (Lipinski definition) is 1. The molecule has 0 fully saturated rings. The van der Waals surface area contributed by atoms with E-state index in [1.165, 1.54) is 11.1 Å². The molecule has 1 rings (SSSR count). The highest BCUT2D eigenvalue weighted by Crippen LogP contribution is 2.18. The van der Waals surface area contributed by atoms with Crippen LogP contribution >= 0.6 is 11.6 Å². The Kier molecular flexibility index (Phi) is 3.84. The predicted molar refractivity (Wildman–Crippen MR) is 56.4 cm³/mol. The maximum Gasteiger partial charge on any atom is 0.122 e.